The molecular formula is C17H23N3O5. The molecule has 1 fully saturated rings. The summed E-state index contributed by atoms with van der Waals surface area (Å²) in [5, 5.41) is 10.7. The number of aromatic nitrogens is 2. The lowest BCUT2D eigenvalue weighted by Gasteiger charge is -2.32. The molecule has 0 aliphatic carbocycles. The smallest absolute Gasteiger partial charge is 0.228 e. The molecule has 0 spiro atoms. The van der Waals surface area contributed by atoms with Crippen molar-refractivity contribution in [3.8, 4) is 0 Å². The van der Waals surface area contributed by atoms with Crippen LogP contribution in [0.15, 0.2) is 15.1 Å². The van der Waals surface area contributed by atoms with Crippen molar-refractivity contribution in [2.24, 2.45) is 0 Å². The molecule has 0 unspecified atom stereocenters. The van der Waals surface area contributed by atoms with Crippen LogP contribution in [-0.2, 0) is 27.3 Å². The standard InChI is InChI=1S/C17H23N3O5/c1-10-6-13(25-19-10)7-17(21)18-15-9-22-5-4-16(15)23-8-14-11(2)20-24-12(14)3/h6,15-16H,4-5,7-9H2,1-3H3,(H,18,21)/t15-,16+/m0/s1. The van der Waals surface area contributed by atoms with Crippen molar-refractivity contribution in [3.05, 3.63) is 34.5 Å². The molecule has 1 aliphatic heterocycles. The van der Waals surface area contributed by atoms with Gasteiger partial charge >= 0.3 is 0 Å². The molecule has 2 aromatic rings. The second kappa shape index (κ2) is 7.79. The molecule has 2 aromatic heterocycles. The Labute approximate surface area is 145 Å². The summed E-state index contributed by atoms with van der Waals surface area (Å²) in [6.45, 7) is 7.00. The first-order valence-electron chi connectivity index (χ1n) is 8.35. The average molecular weight is 349 g/mol. The first-order valence-corrected chi connectivity index (χ1v) is 8.35. The summed E-state index contributed by atoms with van der Waals surface area (Å²) in [6.07, 6.45) is 0.742. The SMILES string of the molecule is Cc1cc(CC(=O)N[C@H]2COCC[C@H]2OCc2c(C)noc2C)on1. The largest absolute Gasteiger partial charge is 0.379 e. The highest BCUT2D eigenvalue weighted by molar-refractivity contribution is 5.78. The van der Waals surface area contributed by atoms with E-state index in [0.29, 0.717) is 25.6 Å². The van der Waals surface area contributed by atoms with Crippen LogP contribution in [0.25, 0.3) is 0 Å². The van der Waals surface area contributed by atoms with Gasteiger partial charge in [0.05, 0.1) is 43.2 Å². The molecule has 0 radical (unpaired) electrons. The summed E-state index contributed by atoms with van der Waals surface area (Å²) in [5.74, 6) is 1.16. The number of carbonyl (C=O) groups is 1. The Hall–Kier alpha value is -2.19. The van der Waals surface area contributed by atoms with E-state index in [-0.39, 0.29) is 24.5 Å². The van der Waals surface area contributed by atoms with Crippen LogP contribution in [0.3, 0.4) is 0 Å². The molecule has 0 bridgehead atoms. The van der Waals surface area contributed by atoms with Gasteiger partial charge in [-0.1, -0.05) is 10.3 Å². The monoisotopic (exact) mass is 349 g/mol. The van der Waals surface area contributed by atoms with Crippen LogP contribution in [-0.4, -0.2) is 41.6 Å². The van der Waals surface area contributed by atoms with E-state index < -0.39 is 0 Å². The minimum atomic E-state index is -0.203. The van der Waals surface area contributed by atoms with Crippen molar-refractivity contribution in [1.82, 2.24) is 15.6 Å². The van der Waals surface area contributed by atoms with E-state index in [2.05, 4.69) is 15.6 Å². The van der Waals surface area contributed by atoms with E-state index in [1.807, 2.05) is 20.8 Å². The maximum absolute atomic E-state index is 12.2. The summed E-state index contributed by atoms with van der Waals surface area (Å²) >= 11 is 0. The predicted octanol–water partition coefficient (Wildman–Crippen LogP) is 1.62. The third-order valence-electron chi connectivity index (χ3n) is 4.27. The maximum atomic E-state index is 12.2. The molecule has 3 rings (SSSR count). The van der Waals surface area contributed by atoms with Crippen molar-refractivity contribution in [2.75, 3.05) is 13.2 Å². The van der Waals surface area contributed by atoms with Crippen molar-refractivity contribution >= 4 is 5.91 Å². The number of amides is 1. The number of hydrogen-bond donors (Lipinski definition) is 1. The molecule has 3 heterocycles. The molecule has 1 saturated heterocycles. The van der Waals surface area contributed by atoms with Gasteiger partial charge in [-0.25, -0.2) is 0 Å². The lowest BCUT2D eigenvalue weighted by molar-refractivity contribution is -0.126. The van der Waals surface area contributed by atoms with Crippen LogP contribution < -0.4 is 5.32 Å². The zero-order valence-electron chi connectivity index (χ0n) is 14.7. The Morgan fingerprint density at radius 3 is 2.84 bits per heavy atom. The first-order chi connectivity index (χ1) is 12.0. The Balaban J connectivity index is 1.56. The van der Waals surface area contributed by atoms with Crippen LogP contribution in [0.5, 0.6) is 0 Å². The molecule has 1 N–H and O–H groups in total. The Kier molecular flexibility index (Phi) is 5.50. The molecule has 8 heteroatoms. The second-order valence-corrected chi connectivity index (χ2v) is 6.30. The summed E-state index contributed by atoms with van der Waals surface area (Å²) < 4.78 is 21.8. The topological polar surface area (TPSA) is 99.6 Å². The molecule has 0 aromatic carbocycles. The highest BCUT2D eigenvalue weighted by Crippen LogP contribution is 2.18. The minimum Gasteiger partial charge on any atom is -0.379 e. The quantitative estimate of drug-likeness (QED) is 0.846. The molecule has 8 nitrogen and oxygen atoms in total. The summed E-state index contributed by atoms with van der Waals surface area (Å²) in [6, 6.07) is 1.55. The second-order valence-electron chi connectivity index (χ2n) is 6.30. The van der Waals surface area contributed by atoms with Gasteiger partial charge in [-0.3, -0.25) is 4.79 Å². The normalized spacial score (nSPS) is 20.6. The van der Waals surface area contributed by atoms with Crippen LogP contribution in [0.1, 0.15) is 34.9 Å². The van der Waals surface area contributed by atoms with Crippen LogP contribution >= 0.6 is 0 Å². The fourth-order valence-electron chi connectivity index (χ4n) is 2.87. The maximum Gasteiger partial charge on any atom is 0.228 e. The van der Waals surface area contributed by atoms with Gasteiger partial charge < -0.3 is 23.8 Å². The molecule has 0 saturated carbocycles. The van der Waals surface area contributed by atoms with Crippen LogP contribution in [0, 0.1) is 20.8 Å². The van der Waals surface area contributed by atoms with Crippen molar-refractivity contribution in [1.29, 1.82) is 0 Å². The van der Waals surface area contributed by atoms with Crippen LogP contribution in [0.4, 0.5) is 0 Å². The first kappa shape index (κ1) is 17.6. The van der Waals surface area contributed by atoms with Gasteiger partial charge in [-0.2, -0.15) is 0 Å². The fraction of sp³-hybridized carbons (Fsp3) is 0.588. The van der Waals surface area contributed by atoms with Crippen molar-refractivity contribution < 1.29 is 23.3 Å². The molecule has 1 aliphatic rings. The molecular weight excluding hydrogens is 326 g/mol. The fourth-order valence-corrected chi connectivity index (χ4v) is 2.87. The number of nitrogens with one attached hydrogen (secondary N) is 1. The van der Waals surface area contributed by atoms with E-state index in [1.165, 1.54) is 0 Å². The van der Waals surface area contributed by atoms with Gasteiger partial charge in [0.25, 0.3) is 0 Å². The van der Waals surface area contributed by atoms with Gasteiger partial charge in [-0.15, -0.1) is 0 Å². The van der Waals surface area contributed by atoms with E-state index in [1.54, 1.807) is 6.07 Å². The highest BCUT2D eigenvalue weighted by atomic mass is 16.5. The van der Waals surface area contributed by atoms with E-state index in [4.69, 9.17) is 18.5 Å². The van der Waals surface area contributed by atoms with Gasteiger partial charge in [0.1, 0.15) is 11.5 Å². The van der Waals surface area contributed by atoms with Crippen LogP contribution in [0.2, 0.25) is 0 Å². The summed E-state index contributed by atoms with van der Waals surface area (Å²) in [5.41, 5.74) is 2.53. The van der Waals surface area contributed by atoms with Gasteiger partial charge in [0, 0.05) is 18.2 Å². The molecule has 136 valence electrons. The van der Waals surface area contributed by atoms with Crippen molar-refractivity contribution in [2.45, 2.75) is 52.4 Å². The van der Waals surface area contributed by atoms with Gasteiger partial charge in [0.2, 0.25) is 5.91 Å². The van der Waals surface area contributed by atoms with Crippen molar-refractivity contribution in [3.63, 3.8) is 0 Å². The number of aryl methyl sites for hydroxylation is 3. The number of nitrogens with zero attached hydrogens (tertiary/aromatic N) is 2. The van der Waals surface area contributed by atoms with E-state index >= 15 is 0 Å². The molecule has 25 heavy (non-hydrogen) atoms. The lowest BCUT2D eigenvalue weighted by Crippen LogP contribution is -2.50. The zero-order chi connectivity index (χ0) is 17.8. The Morgan fingerprint density at radius 1 is 1.32 bits per heavy atom. The third kappa shape index (κ3) is 4.46. The molecule has 1 amide bonds. The average Bonchev–Trinajstić information content (AvgIpc) is 3.12. The number of rotatable bonds is 6. The lowest BCUT2D eigenvalue weighted by atomic mass is 10.1. The highest BCUT2D eigenvalue weighted by Gasteiger charge is 2.29. The summed E-state index contributed by atoms with van der Waals surface area (Å²) in [4.78, 5) is 12.2. The third-order valence-corrected chi connectivity index (χ3v) is 4.27. The Morgan fingerprint density at radius 2 is 2.16 bits per heavy atom. The van der Waals surface area contributed by atoms with E-state index in [9.17, 15) is 4.79 Å². The minimum absolute atomic E-state index is 0.122. The number of ether oxygens (including phenoxy) is 2. The predicted molar refractivity (Wildman–Crippen MR) is 86.9 cm³/mol. The Bertz CT molecular complexity index is 704. The van der Waals surface area contributed by atoms with Gasteiger partial charge in [-0.05, 0) is 27.2 Å². The zero-order valence-corrected chi connectivity index (χ0v) is 14.7. The van der Waals surface area contributed by atoms with Gasteiger partial charge in [0.15, 0.2) is 0 Å². The summed E-state index contributed by atoms with van der Waals surface area (Å²) in [7, 11) is 0. The van der Waals surface area contributed by atoms with E-state index in [0.717, 1.165) is 29.1 Å². The number of carbonyl (C=O) groups excluding carboxylic acids is 1. The number of hydrogen-bond acceptors (Lipinski definition) is 7. The molecule has 2 atom stereocenters.